The molecule has 0 saturated carbocycles. The second kappa shape index (κ2) is 6.82. The molecule has 1 aliphatic rings. The molecule has 0 radical (unpaired) electrons. The molecule has 3 rings (SSSR count). The summed E-state index contributed by atoms with van der Waals surface area (Å²) in [6.07, 6.45) is 1.77. The van der Waals surface area contributed by atoms with Gasteiger partial charge in [-0.1, -0.05) is 6.07 Å². The average molecular weight is 404 g/mol. The van der Waals surface area contributed by atoms with Crippen molar-refractivity contribution in [3.63, 3.8) is 0 Å². The lowest BCUT2D eigenvalue weighted by molar-refractivity contribution is 0.426. The number of hydrogen-bond donors (Lipinski definition) is 0. The zero-order valence-electron chi connectivity index (χ0n) is 14.1. The third-order valence-electron chi connectivity index (χ3n) is 4.46. The SMILES string of the molecule is CCn1cc(S(=O)(=O)N2CCC(c3cccs3)S(=O)(=O)CC2)nc1C. The van der Waals surface area contributed by atoms with Crippen LogP contribution in [0.25, 0.3) is 0 Å². The van der Waals surface area contributed by atoms with Gasteiger partial charge in [0.05, 0.1) is 11.0 Å². The smallest absolute Gasteiger partial charge is 0.262 e. The van der Waals surface area contributed by atoms with E-state index in [-0.39, 0.29) is 30.3 Å². The monoisotopic (exact) mass is 403 g/mol. The third-order valence-corrected chi connectivity index (χ3v) is 9.47. The van der Waals surface area contributed by atoms with Gasteiger partial charge in [-0.3, -0.25) is 0 Å². The molecule has 138 valence electrons. The predicted molar refractivity (Wildman–Crippen MR) is 96.9 cm³/mol. The van der Waals surface area contributed by atoms with Gasteiger partial charge in [-0.05, 0) is 31.7 Å². The second-order valence-electron chi connectivity index (χ2n) is 5.98. The van der Waals surface area contributed by atoms with E-state index in [1.165, 1.54) is 21.8 Å². The second-order valence-corrected chi connectivity index (χ2v) is 11.1. The quantitative estimate of drug-likeness (QED) is 0.777. The van der Waals surface area contributed by atoms with Gasteiger partial charge in [0.2, 0.25) is 0 Å². The summed E-state index contributed by atoms with van der Waals surface area (Å²) in [5.74, 6) is 0.447. The van der Waals surface area contributed by atoms with Crippen molar-refractivity contribution in [3.8, 4) is 0 Å². The van der Waals surface area contributed by atoms with Crippen molar-refractivity contribution >= 4 is 31.2 Å². The number of imidazole rings is 1. The minimum Gasteiger partial charge on any atom is -0.334 e. The van der Waals surface area contributed by atoms with E-state index in [1.54, 1.807) is 17.6 Å². The topological polar surface area (TPSA) is 89.3 Å². The largest absolute Gasteiger partial charge is 0.334 e. The maximum atomic E-state index is 12.9. The third kappa shape index (κ3) is 3.53. The molecule has 0 amide bonds. The molecule has 0 bridgehead atoms. The first-order valence-electron chi connectivity index (χ1n) is 8.04. The molecule has 10 heteroatoms. The highest BCUT2D eigenvalue weighted by molar-refractivity contribution is 7.92. The fraction of sp³-hybridized carbons (Fsp3) is 0.533. The van der Waals surface area contributed by atoms with Crippen LogP contribution in [0, 0.1) is 6.92 Å². The van der Waals surface area contributed by atoms with E-state index >= 15 is 0 Å². The van der Waals surface area contributed by atoms with Gasteiger partial charge in [0.25, 0.3) is 10.0 Å². The number of hydrogen-bond acceptors (Lipinski definition) is 6. The van der Waals surface area contributed by atoms with Crippen LogP contribution in [-0.4, -0.2) is 49.5 Å². The number of nitrogens with zero attached hydrogens (tertiary/aromatic N) is 3. The van der Waals surface area contributed by atoms with Crippen LogP contribution >= 0.6 is 11.3 Å². The van der Waals surface area contributed by atoms with Gasteiger partial charge in [0, 0.05) is 30.7 Å². The number of rotatable bonds is 4. The Labute approximate surface area is 152 Å². The molecule has 1 fully saturated rings. The number of sulfone groups is 1. The zero-order valence-corrected chi connectivity index (χ0v) is 16.6. The zero-order chi connectivity index (χ0) is 18.2. The van der Waals surface area contributed by atoms with Gasteiger partial charge in [-0.25, -0.2) is 21.8 Å². The summed E-state index contributed by atoms with van der Waals surface area (Å²) in [6, 6.07) is 3.61. The minimum absolute atomic E-state index is 0.0150. The summed E-state index contributed by atoms with van der Waals surface area (Å²) in [6.45, 7) is 4.42. The van der Waals surface area contributed by atoms with Crippen molar-refractivity contribution < 1.29 is 16.8 Å². The number of aryl methyl sites for hydroxylation is 2. The van der Waals surface area contributed by atoms with Gasteiger partial charge in [0.1, 0.15) is 5.82 Å². The Morgan fingerprint density at radius 1 is 1.36 bits per heavy atom. The van der Waals surface area contributed by atoms with E-state index in [2.05, 4.69) is 4.98 Å². The van der Waals surface area contributed by atoms with Crippen LogP contribution in [-0.2, 0) is 26.4 Å². The molecule has 1 atom stereocenters. The van der Waals surface area contributed by atoms with Crippen molar-refractivity contribution in [1.82, 2.24) is 13.9 Å². The predicted octanol–water partition coefficient (Wildman–Crippen LogP) is 1.82. The molecule has 0 aromatic carbocycles. The summed E-state index contributed by atoms with van der Waals surface area (Å²) in [7, 11) is -7.19. The highest BCUT2D eigenvalue weighted by Crippen LogP contribution is 2.33. The normalized spacial score (nSPS) is 21.9. The van der Waals surface area contributed by atoms with Crippen LogP contribution in [0.2, 0.25) is 0 Å². The highest BCUT2D eigenvalue weighted by atomic mass is 32.2. The van der Waals surface area contributed by atoms with E-state index in [1.807, 2.05) is 18.4 Å². The lowest BCUT2D eigenvalue weighted by atomic mass is 10.2. The summed E-state index contributed by atoms with van der Waals surface area (Å²) in [5.41, 5.74) is 0. The van der Waals surface area contributed by atoms with Crippen molar-refractivity contribution in [3.05, 3.63) is 34.4 Å². The molecule has 1 aliphatic heterocycles. The van der Waals surface area contributed by atoms with Crippen LogP contribution in [0.1, 0.15) is 29.3 Å². The summed E-state index contributed by atoms with van der Waals surface area (Å²) < 4.78 is 53.9. The molecule has 7 nitrogen and oxygen atoms in total. The Hall–Kier alpha value is -1.23. The molecule has 2 aromatic heterocycles. The van der Waals surface area contributed by atoms with Crippen LogP contribution in [0.15, 0.2) is 28.7 Å². The van der Waals surface area contributed by atoms with Crippen molar-refractivity contribution in [1.29, 1.82) is 0 Å². The van der Waals surface area contributed by atoms with Gasteiger partial charge in [0.15, 0.2) is 14.9 Å². The molecule has 25 heavy (non-hydrogen) atoms. The van der Waals surface area contributed by atoms with Crippen molar-refractivity contribution in [2.24, 2.45) is 0 Å². The molecule has 3 heterocycles. The standard InChI is InChI=1S/C15H21N3O4S3/c1-3-17-11-15(16-12(17)2)25(21,22)18-7-6-14(13-5-4-9-23-13)24(19,20)10-8-18/h4-5,9,11,14H,3,6-8,10H2,1-2H3. The Morgan fingerprint density at radius 3 is 2.72 bits per heavy atom. The fourth-order valence-electron chi connectivity index (χ4n) is 3.01. The maximum absolute atomic E-state index is 12.9. The van der Waals surface area contributed by atoms with E-state index in [4.69, 9.17) is 0 Å². The Bertz CT molecular complexity index is 946. The molecule has 0 spiro atoms. The van der Waals surface area contributed by atoms with Crippen LogP contribution in [0.4, 0.5) is 0 Å². The number of thiophene rings is 1. The maximum Gasteiger partial charge on any atom is 0.262 e. The molecule has 0 aliphatic carbocycles. The average Bonchev–Trinajstić information content (AvgIpc) is 3.16. The van der Waals surface area contributed by atoms with Crippen LogP contribution in [0.3, 0.4) is 0 Å². The molecular weight excluding hydrogens is 382 g/mol. The van der Waals surface area contributed by atoms with E-state index < -0.39 is 25.1 Å². The number of aromatic nitrogens is 2. The van der Waals surface area contributed by atoms with E-state index in [0.29, 0.717) is 12.4 Å². The summed E-state index contributed by atoms with van der Waals surface area (Å²) >= 11 is 1.39. The first kappa shape index (κ1) is 18.6. The first-order chi connectivity index (χ1) is 11.8. The Kier molecular flexibility index (Phi) is 5.06. The van der Waals surface area contributed by atoms with Gasteiger partial charge in [-0.2, -0.15) is 4.31 Å². The van der Waals surface area contributed by atoms with Crippen molar-refractivity contribution in [2.45, 2.75) is 37.1 Å². The molecule has 1 unspecified atom stereocenters. The molecule has 0 N–H and O–H groups in total. The summed E-state index contributed by atoms with van der Waals surface area (Å²) in [5, 5.41) is 1.19. The van der Waals surface area contributed by atoms with Crippen molar-refractivity contribution in [2.75, 3.05) is 18.8 Å². The molecule has 1 saturated heterocycles. The Morgan fingerprint density at radius 2 is 2.12 bits per heavy atom. The first-order valence-corrected chi connectivity index (χ1v) is 12.1. The van der Waals surface area contributed by atoms with E-state index in [9.17, 15) is 16.8 Å². The molecule has 2 aromatic rings. The van der Waals surface area contributed by atoms with Crippen LogP contribution in [0.5, 0.6) is 0 Å². The van der Waals surface area contributed by atoms with Crippen LogP contribution < -0.4 is 0 Å². The highest BCUT2D eigenvalue weighted by Gasteiger charge is 2.37. The van der Waals surface area contributed by atoms with Gasteiger partial charge < -0.3 is 4.57 Å². The Balaban J connectivity index is 1.89. The number of sulfonamides is 1. The molecular formula is C15H21N3O4S3. The lowest BCUT2D eigenvalue weighted by Crippen LogP contribution is -2.33. The van der Waals surface area contributed by atoms with Gasteiger partial charge >= 0.3 is 0 Å². The minimum atomic E-state index is -3.80. The lowest BCUT2D eigenvalue weighted by Gasteiger charge is -2.17. The fourth-order valence-corrected chi connectivity index (χ4v) is 7.58. The summed E-state index contributed by atoms with van der Waals surface area (Å²) in [4.78, 5) is 4.92. The van der Waals surface area contributed by atoms with E-state index in [0.717, 1.165) is 4.88 Å². The van der Waals surface area contributed by atoms with Gasteiger partial charge in [-0.15, -0.1) is 11.3 Å².